The van der Waals surface area contributed by atoms with Gasteiger partial charge in [-0.3, -0.25) is 4.90 Å². The van der Waals surface area contributed by atoms with E-state index in [0.717, 1.165) is 0 Å². The van der Waals surface area contributed by atoms with Crippen molar-refractivity contribution in [2.45, 2.75) is 44.6 Å². The fourth-order valence-electron chi connectivity index (χ4n) is 3.90. The number of furan rings is 1. The summed E-state index contributed by atoms with van der Waals surface area (Å²) in [6.07, 6.45) is 12.1. The van der Waals surface area contributed by atoms with Crippen molar-refractivity contribution in [2.24, 2.45) is 11.1 Å². The van der Waals surface area contributed by atoms with E-state index in [9.17, 15) is 0 Å². The summed E-state index contributed by atoms with van der Waals surface area (Å²) in [7, 11) is 0. The van der Waals surface area contributed by atoms with Gasteiger partial charge in [-0.2, -0.15) is 0 Å². The number of nitrogens with two attached hydrogens (primary N) is 1. The average Bonchev–Trinajstić information content (AvgIpc) is 3.05. The van der Waals surface area contributed by atoms with Gasteiger partial charge in [-0.25, -0.2) is 0 Å². The zero-order valence-electron chi connectivity index (χ0n) is 11.1. The third-order valence-corrected chi connectivity index (χ3v) is 5.11. The summed E-state index contributed by atoms with van der Waals surface area (Å²) in [6, 6.07) is 2.40. The van der Waals surface area contributed by atoms with E-state index in [-0.39, 0.29) is 0 Å². The zero-order chi connectivity index (χ0) is 12.4. The Balaban J connectivity index is 1.64. The minimum atomic E-state index is 0.350. The topological polar surface area (TPSA) is 42.4 Å². The van der Waals surface area contributed by atoms with Crippen molar-refractivity contribution >= 4 is 0 Å². The van der Waals surface area contributed by atoms with Crippen molar-refractivity contribution in [1.29, 1.82) is 0 Å². The number of hydrogen-bond acceptors (Lipinski definition) is 3. The molecule has 1 atom stereocenters. The lowest BCUT2D eigenvalue weighted by atomic mass is 9.76. The molecule has 1 spiro atoms. The summed E-state index contributed by atoms with van der Waals surface area (Å²) in [5, 5.41) is 0. The van der Waals surface area contributed by atoms with E-state index in [2.05, 4.69) is 11.0 Å². The van der Waals surface area contributed by atoms with E-state index in [1.54, 1.807) is 6.26 Å². The number of likely N-dealkylation sites (tertiary alicyclic amines) is 1. The molecule has 0 aromatic carbocycles. The maximum Gasteiger partial charge on any atom is 0.0950 e. The fraction of sp³-hybridized carbons (Fsp3) is 0.733. The van der Waals surface area contributed by atoms with Crippen LogP contribution < -0.4 is 5.73 Å². The number of nitrogens with zero attached hydrogens (tertiary/aromatic N) is 1. The van der Waals surface area contributed by atoms with Crippen molar-refractivity contribution in [2.75, 3.05) is 19.6 Å². The molecule has 18 heavy (non-hydrogen) atoms. The summed E-state index contributed by atoms with van der Waals surface area (Å²) in [6.45, 7) is 3.09. The van der Waals surface area contributed by atoms with E-state index in [0.29, 0.717) is 18.0 Å². The SMILES string of the molecule is NCC(c1ccoc1)N1CCC2(CCCC2)CC1. The highest BCUT2D eigenvalue weighted by Gasteiger charge is 2.38. The molecule has 1 aliphatic heterocycles. The molecule has 3 nitrogen and oxygen atoms in total. The lowest BCUT2D eigenvalue weighted by Crippen LogP contribution is -2.43. The van der Waals surface area contributed by atoms with Crippen LogP contribution in [0.3, 0.4) is 0 Å². The zero-order valence-corrected chi connectivity index (χ0v) is 11.1. The van der Waals surface area contributed by atoms with Gasteiger partial charge in [0.2, 0.25) is 0 Å². The summed E-state index contributed by atoms with van der Waals surface area (Å²) < 4.78 is 5.20. The molecule has 2 fully saturated rings. The monoisotopic (exact) mass is 248 g/mol. The second kappa shape index (κ2) is 5.06. The minimum Gasteiger partial charge on any atom is -0.472 e. The highest BCUT2D eigenvalue weighted by molar-refractivity contribution is 5.13. The molecule has 1 aromatic heterocycles. The molecule has 2 N–H and O–H groups in total. The fourth-order valence-corrected chi connectivity index (χ4v) is 3.90. The summed E-state index contributed by atoms with van der Waals surface area (Å²) >= 11 is 0. The number of hydrogen-bond donors (Lipinski definition) is 1. The second-order valence-corrected chi connectivity index (χ2v) is 6.05. The van der Waals surface area contributed by atoms with Gasteiger partial charge in [-0.1, -0.05) is 12.8 Å². The van der Waals surface area contributed by atoms with Crippen LogP contribution in [0.4, 0.5) is 0 Å². The van der Waals surface area contributed by atoms with Crippen LogP contribution in [0.25, 0.3) is 0 Å². The molecule has 100 valence electrons. The second-order valence-electron chi connectivity index (χ2n) is 6.05. The van der Waals surface area contributed by atoms with Crippen LogP contribution in [0, 0.1) is 5.41 Å². The Morgan fingerprint density at radius 1 is 1.22 bits per heavy atom. The van der Waals surface area contributed by atoms with Gasteiger partial charge in [0, 0.05) is 12.1 Å². The van der Waals surface area contributed by atoms with Gasteiger partial charge in [0.15, 0.2) is 0 Å². The third kappa shape index (κ3) is 2.21. The Morgan fingerprint density at radius 3 is 2.50 bits per heavy atom. The van der Waals surface area contributed by atoms with Crippen molar-refractivity contribution in [1.82, 2.24) is 4.90 Å². The molecule has 3 heteroatoms. The molecule has 3 rings (SSSR count). The van der Waals surface area contributed by atoms with Crippen molar-refractivity contribution in [3.05, 3.63) is 24.2 Å². The molecular weight excluding hydrogens is 224 g/mol. The molecule has 0 amide bonds. The quantitative estimate of drug-likeness (QED) is 0.894. The lowest BCUT2D eigenvalue weighted by Gasteiger charge is -2.42. The van der Waals surface area contributed by atoms with Crippen molar-refractivity contribution < 1.29 is 4.42 Å². The third-order valence-electron chi connectivity index (χ3n) is 5.11. The Morgan fingerprint density at radius 2 is 1.94 bits per heavy atom. The molecule has 2 aliphatic rings. The first-order chi connectivity index (χ1) is 8.83. The molecule has 1 saturated carbocycles. The standard InChI is InChI=1S/C15H24N2O/c16-11-14(13-3-10-18-12-13)17-8-6-15(7-9-17)4-1-2-5-15/h3,10,12,14H,1-2,4-9,11,16H2. The molecular formula is C15H24N2O. The van der Waals surface area contributed by atoms with Crippen LogP contribution >= 0.6 is 0 Å². The first-order valence-electron chi connectivity index (χ1n) is 7.29. The lowest BCUT2D eigenvalue weighted by molar-refractivity contribution is 0.0778. The van der Waals surface area contributed by atoms with Gasteiger partial charge in [0.05, 0.1) is 18.6 Å². The van der Waals surface area contributed by atoms with E-state index in [1.165, 1.54) is 57.2 Å². The molecule has 2 heterocycles. The summed E-state index contributed by atoms with van der Waals surface area (Å²) in [5.41, 5.74) is 7.88. The van der Waals surface area contributed by atoms with Crippen LogP contribution in [0.15, 0.2) is 23.0 Å². The van der Waals surface area contributed by atoms with Crippen LogP contribution in [-0.4, -0.2) is 24.5 Å². The van der Waals surface area contributed by atoms with E-state index in [1.807, 2.05) is 6.26 Å². The molecule has 1 saturated heterocycles. The molecule has 1 aromatic rings. The van der Waals surface area contributed by atoms with Crippen molar-refractivity contribution in [3.63, 3.8) is 0 Å². The number of rotatable bonds is 3. The molecule has 0 bridgehead atoms. The predicted molar refractivity (Wildman–Crippen MR) is 72.2 cm³/mol. The Labute approximate surface area is 109 Å². The minimum absolute atomic E-state index is 0.350. The Kier molecular flexibility index (Phi) is 3.44. The summed E-state index contributed by atoms with van der Waals surface area (Å²) in [4.78, 5) is 2.55. The molecule has 1 aliphatic carbocycles. The maximum absolute atomic E-state index is 5.96. The van der Waals surface area contributed by atoms with E-state index < -0.39 is 0 Å². The molecule has 0 radical (unpaired) electrons. The van der Waals surface area contributed by atoms with Crippen LogP contribution in [-0.2, 0) is 0 Å². The van der Waals surface area contributed by atoms with Gasteiger partial charge in [-0.05, 0) is 50.3 Å². The number of piperidine rings is 1. The first-order valence-corrected chi connectivity index (χ1v) is 7.29. The smallest absolute Gasteiger partial charge is 0.0950 e. The van der Waals surface area contributed by atoms with Gasteiger partial charge in [0.1, 0.15) is 0 Å². The van der Waals surface area contributed by atoms with E-state index in [4.69, 9.17) is 10.2 Å². The maximum atomic E-state index is 5.96. The average molecular weight is 248 g/mol. The Hall–Kier alpha value is -0.800. The highest BCUT2D eigenvalue weighted by Crippen LogP contribution is 2.47. The Bertz CT molecular complexity index is 358. The predicted octanol–water partition coefficient (Wildman–Crippen LogP) is 2.94. The van der Waals surface area contributed by atoms with Gasteiger partial charge < -0.3 is 10.2 Å². The van der Waals surface area contributed by atoms with Gasteiger partial charge in [-0.15, -0.1) is 0 Å². The molecule has 1 unspecified atom stereocenters. The van der Waals surface area contributed by atoms with Gasteiger partial charge in [0.25, 0.3) is 0 Å². The van der Waals surface area contributed by atoms with Crippen LogP contribution in [0.5, 0.6) is 0 Å². The van der Waals surface area contributed by atoms with E-state index >= 15 is 0 Å². The summed E-state index contributed by atoms with van der Waals surface area (Å²) in [5.74, 6) is 0. The first kappa shape index (κ1) is 12.2. The van der Waals surface area contributed by atoms with Crippen LogP contribution in [0.2, 0.25) is 0 Å². The van der Waals surface area contributed by atoms with Crippen molar-refractivity contribution in [3.8, 4) is 0 Å². The van der Waals surface area contributed by atoms with Gasteiger partial charge >= 0.3 is 0 Å². The largest absolute Gasteiger partial charge is 0.472 e. The normalized spacial score (nSPS) is 25.6. The highest BCUT2D eigenvalue weighted by atomic mass is 16.3. The van der Waals surface area contributed by atoms with Crippen LogP contribution in [0.1, 0.15) is 50.1 Å².